The third-order valence-electron chi connectivity index (χ3n) is 2.16. The Morgan fingerprint density at radius 2 is 1.94 bits per heavy atom. The molecule has 0 radical (unpaired) electrons. The highest BCUT2D eigenvalue weighted by atomic mass is 16.2. The molecule has 1 atom stereocenters. The van der Waals surface area contributed by atoms with Gasteiger partial charge in [-0.15, -0.1) is 6.58 Å². The summed E-state index contributed by atoms with van der Waals surface area (Å²) in [5, 5.41) is 5.05. The first-order valence-corrected chi connectivity index (χ1v) is 5.37. The van der Waals surface area contributed by atoms with Gasteiger partial charge in [0.2, 0.25) is 5.91 Å². The van der Waals surface area contributed by atoms with Crippen LogP contribution in [0.15, 0.2) is 36.9 Å². The van der Waals surface area contributed by atoms with Gasteiger partial charge in [0.1, 0.15) is 0 Å². The van der Waals surface area contributed by atoms with Crippen molar-refractivity contribution in [2.45, 2.75) is 12.5 Å². The monoisotopic (exact) mass is 248 g/mol. The number of hydrogen-bond acceptors (Lipinski definition) is 3. The zero-order valence-corrected chi connectivity index (χ0v) is 9.85. The highest BCUT2D eigenvalue weighted by molar-refractivity contribution is 5.96. The minimum Gasteiger partial charge on any atom is -0.351 e. The zero-order chi connectivity index (χ0) is 13.5. The number of hydrogen-bond donors (Lipinski definition) is 4. The van der Waals surface area contributed by atoms with Gasteiger partial charge in [0.25, 0.3) is 0 Å². The predicted octanol–water partition coefficient (Wildman–Crippen LogP) is 1.02. The molecular weight excluding hydrogens is 232 g/mol. The van der Waals surface area contributed by atoms with Crippen molar-refractivity contribution in [2.24, 2.45) is 11.5 Å². The molecule has 0 saturated heterocycles. The number of primary amides is 1. The fraction of sp³-hybridized carbons (Fsp3) is 0.167. The number of carbonyl (C=O) groups excluding carboxylic acids is 2. The number of anilines is 2. The van der Waals surface area contributed by atoms with E-state index in [1.165, 1.54) is 0 Å². The zero-order valence-electron chi connectivity index (χ0n) is 9.85. The third kappa shape index (κ3) is 4.26. The van der Waals surface area contributed by atoms with Crippen LogP contribution in [0.1, 0.15) is 6.42 Å². The molecule has 1 unspecified atom stereocenters. The maximum atomic E-state index is 11.6. The second kappa shape index (κ2) is 6.41. The molecule has 0 aliphatic carbocycles. The molecule has 0 heterocycles. The normalized spacial score (nSPS) is 11.4. The molecule has 18 heavy (non-hydrogen) atoms. The predicted molar refractivity (Wildman–Crippen MR) is 71.1 cm³/mol. The fourth-order valence-electron chi connectivity index (χ4n) is 1.34. The van der Waals surface area contributed by atoms with Crippen LogP contribution in [0, 0.1) is 0 Å². The lowest BCUT2D eigenvalue weighted by Crippen LogP contribution is -2.35. The van der Waals surface area contributed by atoms with Crippen LogP contribution in [-0.2, 0) is 4.79 Å². The van der Waals surface area contributed by atoms with E-state index in [1.807, 2.05) is 0 Å². The lowest BCUT2D eigenvalue weighted by Gasteiger charge is -2.11. The Balaban J connectivity index is 2.69. The average molecular weight is 248 g/mol. The van der Waals surface area contributed by atoms with Gasteiger partial charge in [-0.2, -0.15) is 0 Å². The smallest absolute Gasteiger partial charge is 0.316 e. The van der Waals surface area contributed by atoms with E-state index in [1.54, 1.807) is 30.3 Å². The minimum atomic E-state index is -0.665. The Hall–Kier alpha value is -2.34. The lowest BCUT2D eigenvalue weighted by atomic mass is 10.2. The quantitative estimate of drug-likeness (QED) is 0.584. The molecular formula is C12H16N4O2. The van der Waals surface area contributed by atoms with Crippen LogP contribution in [0.4, 0.5) is 16.2 Å². The first-order valence-electron chi connectivity index (χ1n) is 5.37. The van der Waals surface area contributed by atoms with Crippen molar-refractivity contribution in [1.29, 1.82) is 0 Å². The average Bonchev–Trinajstić information content (AvgIpc) is 2.28. The number of amides is 3. The Morgan fingerprint density at radius 3 is 2.50 bits per heavy atom. The SMILES string of the molecule is C=CCC(N)C(=O)Nc1cccc(NC(N)=O)c1. The van der Waals surface area contributed by atoms with Crippen LogP contribution in [0.3, 0.4) is 0 Å². The van der Waals surface area contributed by atoms with E-state index in [4.69, 9.17) is 11.5 Å². The van der Waals surface area contributed by atoms with Gasteiger partial charge in [-0.3, -0.25) is 4.79 Å². The summed E-state index contributed by atoms with van der Waals surface area (Å²) in [6, 6.07) is 5.30. The van der Waals surface area contributed by atoms with Crippen molar-refractivity contribution in [2.75, 3.05) is 10.6 Å². The Kier molecular flexibility index (Phi) is 4.89. The van der Waals surface area contributed by atoms with Gasteiger partial charge in [0, 0.05) is 11.4 Å². The van der Waals surface area contributed by atoms with Gasteiger partial charge in [0.15, 0.2) is 0 Å². The Bertz CT molecular complexity index is 459. The molecule has 6 nitrogen and oxygen atoms in total. The van der Waals surface area contributed by atoms with Crippen LogP contribution >= 0.6 is 0 Å². The van der Waals surface area contributed by atoms with Gasteiger partial charge in [-0.05, 0) is 24.6 Å². The Labute approximate surface area is 105 Å². The molecule has 6 heteroatoms. The fourth-order valence-corrected chi connectivity index (χ4v) is 1.34. The van der Waals surface area contributed by atoms with Crippen LogP contribution in [0.25, 0.3) is 0 Å². The Morgan fingerprint density at radius 1 is 1.33 bits per heavy atom. The van der Waals surface area contributed by atoms with Gasteiger partial charge in [-0.25, -0.2) is 4.79 Å². The van der Waals surface area contributed by atoms with Crippen molar-refractivity contribution < 1.29 is 9.59 Å². The standard InChI is InChI=1S/C12H16N4O2/c1-2-4-10(13)11(17)15-8-5-3-6-9(7-8)16-12(14)18/h2-3,5-7,10H,1,4,13H2,(H,15,17)(H3,14,16,18). The molecule has 0 aliphatic heterocycles. The lowest BCUT2D eigenvalue weighted by molar-refractivity contribution is -0.117. The molecule has 1 aromatic carbocycles. The van der Waals surface area contributed by atoms with Gasteiger partial charge in [0.05, 0.1) is 6.04 Å². The van der Waals surface area contributed by atoms with E-state index in [-0.39, 0.29) is 5.91 Å². The number of carbonyl (C=O) groups is 2. The first kappa shape index (κ1) is 13.7. The topological polar surface area (TPSA) is 110 Å². The number of urea groups is 1. The molecule has 0 fully saturated rings. The minimum absolute atomic E-state index is 0.314. The first-order chi connectivity index (χ1) is 8.52. The van der Waals surface area contributed by atoms with E-state index in [9.17, 15) is 9.59 Å². The molecule has 0 saturated carbocycles. The van der Waals surface area contributed by atoms with Gasteiger partial charge < -0.3 is 22.1 Å². The van der Waals surface area contributed by atoms with Crippen LogP contribution in [0.2, 0.25) is 0 Å². The largest absolute Gasteiger partial charge is 0.351 e. The van der Waals surface area contributed by atoms with E-state index < -0.39 is 12.1 Å². The van der Waals surface area contributed by atoms with Crippen molar-refractivity contribution in [3.8, 4) is 0 Å². The summed E-state index contributed by atoms with van der Waals surface area (Å²) < 4.78 is 0. The second-order valence-corrected chi connectivity index (χ2v) is 3.69. The number of benzene rings is 1. The van der Waals surface area contributed by atoms with Gasteiger partial charge in [-0.1, -0.05) is 12.1 Å². The molecule has 1 aromatic rings. The highest BCUT2D eigenvalue weighted by Gasteiger charge is 2.11. The molecule has 96 valence electrons. The van der Waals surface area contributed by atoms with E-state index in [0.717, 1.165) is 0 Å². The summed E-state index contributed by atoms with van der Waals surface area (Å²) in [7, 11) is 0. The molecule has 0 aliphatic rings. The number of nitrogens with one attached hydrogen (secondary N) is 2. The third-order valence-corrected chi connectivity index (χ3v) is 2.16. The maximum absolute atomic E-state index is 11.6. The van der Waals surface area contributed by atoms with E-state index >= 15 is 0 Å². The molecule has 1 rings (SSSR count). The molecule has 0 aromatic heterocycles. The summed E-state index contributed by atoms with van der Waals surface area (Å²) in [6.07, 6.45) is 1.97. The van der Waals surface area contributed by atoms with Crippen molar-refractivity contribution in [1.82, 2.24) is 0 Å². The van der Waals surface area contributed by atoms with E-state index in [0.29, 0.717) is 17.8 Å². The van der Waals surface area contributed by atoms with E-state index in [2.05, 4.69) is 17.2 Å². The van der Waals surface area contributed by atoms with Gasteiger partial charge >= 0.3 is 6.03 Å². The highest BCUT2D eigenvalue weighted by Crippen LogP contribution is 2.15. The molecule has 3 amide bonds. The van der Waals surface area contributed by atoms with Crippen molar-refractivity contribution in [3.05, 3.63) is 36.9 Å². The van der Waals surface area contributed by atoms with Crippen molar-refractivity contribution >= 4 is 23.3 Å². The number of nitrogens with two attached hydrogens (primary N) is 2. The summed E-state index contributed by atoms with van der Waals surface area (Å²) in [6.45, 7) is 3.52. The summed E-state index contributed by atoms with van der Waals surface area (Å²) in [5.41, 5.74) is 11.6. The molecule has 0 spiro atoms. The van der Waals surface area contributed by atoms with Crippen LogP contribution in [0.5, 0.6) is 0 Å². The summed E-state index contributed by atoms with van der Waals surface area (Å²) in [4.78, 5) is 22.3. The number of rotatable bonds is 5. The molecule has 0 bridgehead atoms. The summed E-state index contributed by atoms with van der Waals surface area (Å²) >= 11 is 0. The molecule has 6 N–H and O–H groups in total. The van der Waals surface area contributed by atoms with Crippen molar-refractivity contribution in [3.63, 3.8) is 0 Å². The maximum Gasteiger partial charge on any atom is 0.316 e. The summed E-state index contributed by atoms with van der Waals surface area (Å²) in [5.74, 6) is -0.314. The second-order valence-electron chi connectivity index (χ2n) is 3.69. The van der Waals surface area contributed by atoms with Crippen LogP contribution in [-0.4, -0.2) is 18.0 Å². The van der Waals surface area contributed by atoms with Crippen LogP contribution < -0.4 is 22.1 Å².